The minimum atomic E-state index is 0.312. The molecule has 2 rings (SSSR count). The first-order valence-electron chi connectivity index (χ1n) is 6.19. The van der Waals surface area contributed by atoms with Crippen molar-refractivity contribution < 1.29 is 5.21 Å². The van der Waals surface area contributed by atoms with Crippen molar-refractivity contribution >= 4 is 5.84 Å². The van der Waals surface area contributed by atoms with Crippen molar-refractivity contribution in [3.05, 3.63) is 0 Å². The van der Waals surface area contributed by atoms with E-state index in [1.165, 1.54) is 25.8 Å². The first-order valence-corrected chi connectivity index (χ1v) is 6.19. The van der Waals surface area contributed by atoms with Gasteiger partial charge in [0.1, 0.15) is 0 Å². The van der Waals surface area contributed by atoms with Gasteiger partial charge in [-0.15, -0.1) is 0 Å². The van der Waals surface area contributed by atoms with Crippen LogP contribution in [0, 0.1) is 5.92 Å². The van der Waals surface area contributed by atoms with Gasteiger partial charge in [0.25, 0.3) is 0 Å². The highest BCUT2D eigenvalue weighted by molar-refractivity contribution is 5.81. The summed E-state index contributed by atoms with van der Waals surface area (Å²) in [5, 5.41) is 11.5. The number of piperazine rings is 1. The Kier molecular flexibility index (Phi) is 4.01. The largest absolute Gasteiger partial charge is 0.409 e. The van der Waals surface area contributed by atoms with Gasteiger partial charge < -0.3 is 15.8 Å². The second-order valence-electron chi connectivity index (χ2n) is 4.97. The molecule has 0 aromatic carbocycles. The van der Waals surface area contributed by atoms with Gasteiger partial charge in [-0.2, -0.15) is 0 Å². The zero-order valence-corrected chi connectivity index (χ0v) is 9.81. The van der Waals surface area contributed by atoms with Crippen LogP contribution in [0.1, 0.15) is 19.3 Å². The first-order chi connectivity index (χ1) is 7.78. The Labute approximate surface area is 96.9 Å². The monoisotopic (exact) mass is 226 g/mol. The summed E-state index contributed by atoms with van der Waals surface area (Å²) in [4.78, 5) is 4.79. The van der Waals surface area contributed by atoms with E-state index in [0.717, 1.165) is 32.1 Å². The van der Waals surface area contributed by atoms with Gasteiger partial charge >= 0.3 is 0 Å². The van der Waals surface area contributed by atoms with Gasteiger partial charge in [0, 0.05) is 32.7 Å². The molecular formula is C11H22N4O. The Morgan fingerprint density at radius 2 is 1.81 bits per heavy atom. The Hall–Kier alpha value is -0.810. The summed E-state index contributed by atoms with van der Waals surface area (Å²) in [6.07, 6.45) is 4.27. The highest BCUT2D eigenvalue weighted by Gasteiger charge is 2.23. The van der Waals surface area contributed by atoms with Crippen LogP contribution in [0.25, 0.3) is 0 Å². The van der Waals surface area contributed by atoms with Gasteiger partial charge in [-0.1, -0.05) is 11.6 Å². The summed E-state index contributed by atoms with van der Waals surface area (Å²) < 4.78 is 0. The molecule has 1 saturated heterocycles. The topological polar surface area (TPSA) is 65.1 Å². The molecule has 0 unspecified atom stereocenters. The van der Waals surface area contributed by atoms with E-state index in [4.69, 9.17) is 10.9 Å². The van der Waals surface area contributed by atoms with Crippen LogP contribution in [0.4, 0.5) is 0 Å². The minimum absolute atomic E-state index is 0.312. The van der Waals surface area contributed by atoms with Gasteiger partial charge in [-0.25, -0.2) is 0 Å². The van der Waals surface area contributed by atoms with Crippen LogP contribution >= 0.6 is 0 Å². The van der Waals surface area contributed by atoms with Crippen molar-refractivity contribution in [2.45, 2.75) is 19.3 Å². The van der Waals surface area contributed by atoms with Gasteiger partial charge in [0.2, 0.25) is 0 Å². The van der Waals surface area contributed by atoms with Gasteiger partial charge in [-0.05, 0) is 18.8 Å². The summed E-state index contributed by atoms with van der Waals surface area (Å²) in [6, 6.07) is 0. The van der Waals surface area contributed by atoms with E-state index in [1.54, 1.807) is 0 Å². The quantitative estimate of drug-likeness (QED) is 0.310. The average Bonchev–Trinajstić information content (AvgIpc) is 2.25. The standard InChI is InChI=1S/C11H22N4O/c12-11(13-16)9-15-6-4-14(5-7-15)8-10-2-1-3-10/h10,16H,1-9H2,(H2,12,13). The molecule has 1 heterocycles. The fourth-order valence-electron chi connectivity index (χ4n) is 2.43. The number of nitrogens with zero attached hydrogens (tertiary/aromatic N) is 3. The van der Waals surface area contributed by atoms with E-state index in [9.17, 15) is 0 Å². The average molecular weight is 226 g/mol. The molecule has 2 aliphatic rings. The van der Waals surface area contributed by atoms with Crippen molar-refractivity contribution in [1.82, 2.24) is 9.80 Å². The minimum Gasteiger partial charge on any atom is -0.409 e. The normalized spacial score (nSPS) is 25.6. The first kappa shape index (κ1) is 11.7. The molecule has 3 N–H and O–H groups in total. The Bertz CT molecular complexity index is 244. The van der Waals surface area contributed by atoms with Gasteiger partial charge in [0.05, 0.1) is 6.54 Å². The number of rotatable bonds is 4. The molecule has 0 amide bonds. The lowest BCUT2D eigenvalue weighted by Gasteiger charge is -2.38. The van der Waals surface area contributed by atoms with Crippen LogP contribution in [0.5, 0.6) is 0 Å². The maximum atomic E-state index is 8.50. The number of amidine groups is 1. The molecule has 1 saturated carbocycles. The molecule has 0 aromatic heterocycles. The predicted molar refractivity (Wildman–Crippen MR) is 63.6 cm³/mol. The number of oxime groups is 1. The van der Waals surface area contributed by atoms with Crippen LogP contribution in [0.3, 0.4) is 0 Å². The molecule has 0 radical (unpaired) electrons. The Balaban J connectivity index is 1.65. The molecule has 0 atom stereocenters. The fourth-order valence-corrected chi connectivity index (χ4v) is 2.43. The number of hydrogen-bond donors (Lipinski definition) is 2. The van der Waals surface area contributed by atoms with Crippen molar-refractivity contribution in [2.24, 2.45) is 16.8 Å². The van der Waals surface area contributed by atoms with E-state index < -0.39 is 0 Å². The third kappa shape index (κ3) is 3.09. The summed E-state index contributed by atoms with van der Waals surface area (Å²) in [7, 11) is 0. The number of nitrogens with two attached hydrogens (primary N) is 1. The SMILES string of the molecule is NC(CN1CCN(CC2CCC2)CC1)=NO. The maximum absolute atomic E-state index is 8.50. The van der Waals surface area contributed by atoms with Gasteiger partial charge in [-0.3, -0.25) is 4.90 Å². The third-order valence-electron chi connectivity index (χ3n) is 3.72. The number of hydrogen-bond acceptors (Lipinski definition) is 4. The molecule has 5 nitrogen and oxygen atoms in total. The lowest BCUT2D eigenvalue weighted by molar-refractivity contribution is 0.108. The lowest BCUT2D eigenvalue weighted by atomic mass is 9.85. The molecule has 0 spiro atoms. The van der Waals surface area contributed by atoms with Crippen LogP contribution in [-0.2, 0) is 0 Å². The molecule has 92 valence electrons. The summed E-state index contributed by atoms with van der Waals surface area (Å²) >= 11 is 0. The van der Waals surface area contributed by atoms with E-state index in [1.807, 2.05) is 0 Å². The molecule has 0 aromatic rings. The Morgan fingerprint density at radius 1 is 1.19 bits per heavy atom. The summed E-state index contributed by atoms with van der Waals surface area (Å²) in [5.41, 5.74) is 5.49. The van der Waals surface area contributed by atoms with Crippen molar-refractivity contribution in [1.29, 1.82) is 0 Å². The van der Waals surface area contributed by atoms with Crippen molar-refractivity contribution in [3.63, 3.8) is 0 Å². The van der Waals surface area contributed by atoms with Crippen LogP contribution < -0.4 is 5.73 Å². The van der Waals surface area contributed by atoms with Crippen LogP contribution in [-0.4, -0.2) is 60.1 Å². The van der Waals surface area contributed by atoms with E-state index in [0.29, 0.717) is 12.4 Å². The predicted octanol–water partition coefficient (Wildman–Crippen LogP) is 0.151. The molecule has 16 heavy (non-hydrogen) atoms. The smallest absolute Gasteiger partial charge is 0.153 e. The molecule has 1 aliphatic carbocycles. The highest BCUT2D eigenvalue weighted by Crippen LogP contribution is 2.27. The lowest BCUT2D eigenvalue weighted by Crippen LogP contribution is -2.50. The summed E-state index contributed by atoms with van der Waals surface area (Å²) in [5.74, 6) is 1.27. The van der Waals surface area contributed by atoms with E-state index >= 15 is 0 Å². The fraction of sp³-hybridized carbons (Fsp3) is 0.909. The molecule has 5 heteroatoms. The Morgan fingerprint density at radius 3 is 2.31 bits per heavy atom. The second kappa shape index (κ2) is 5.50. The highest BCUT2D eigenvalue weighted by atomic mass is 16.4. The van der Waals surface area contributed by atoms with Crippen molar-refractivity contribution in [3.8, 4) is 0 Å². The van der Waals surface area contributed by atoms with Crippen molar-refractivity contribution in [2.75, 3.05) is 39.3 Å². The third-order valence-corrected chi connectivity index (χ3v) is 3.72. The second-order valence-corrected chi connectivity index (χ2v) is 4.97. The molecule has 2 fully saturated rings. The zero-order chi connectivity index (χ0) is 11.4. The zero-order valence-electron chi connectivity index (χ0n) is 9.81. The van der Waals surface area contributed by atoms with Crippen LogP contribution in [0.2, 0.25) is 0 Å². The maximum Gasteiger partial charge on any atom is 0.153 e. The van der Waals surface area contributed by atoms with E-state index in [2.05, 4.69) is 15.0 Å². The van der Waals surface area contributed by atoms with Gasteiger partial charge in [0.15, 0.2) is 5.84 Å². The molecule has 1 aliphatic heterocycles. The summed E-state index contributed by atoms with van der Waals surface area (Å²) in [6.45, 7) is 6.17. The molecule has 0 bridgehead atoms. The molecular weight excluding hydrogens is 204 g/mol. The van der Waals surface area contributed by atoms with E-state index in [-0.39, 0.29) is 0 Å². The van der Waals surface area contributed by atoms with Crippen LogP contribution in [0.15, 0.2) is 5.16 Å².